The molecule has 2 aromatic rings. The van der Waals surface area contributed by atoms with Crippen molar-refractivity contribution in [1.82, 2.24) is 30.1 Å². The van der Waals surface area contributed by atoms with Crippen LogP contribution in [0.2, 0.25) is 0 Å². The first kappa shape index (κ1) is 17.6. The number of nitrogens with zero attached hydrogens (tertiary/aromatic N) is 5. The number of hydrogen-bond donors (Lipinski definition) is 2. The molecule has 0 spiro atoms. The van der Waals surface area contributed by atoms with Crippen molar-refractivity contribution in [1.29, 1.82) is 0 Å². The summed E-state index contributed by atoms with van der Waals surface area (Å²) in [4.78, 5) is 16.8. The van der Waals surface area contributed by atoms with E-state index in [2.05, 4.69) is 32.4 Å². The number of amides is 1. The first-order valence-electron chi connectivity index (χ1n) is 8.41. The normalized spacial score (nSPS) is 16.2. The van der Waals surface area contributed by atoms with E-state index in [1.165, 1.54) is 0 Å². The Morgan fingerprint density at radius 2 is 2.16 bits per heavy atom. The fraction of sp³-hybridized carbons (Fsp3) is 0.562. The van der Waals surface area contributed by atoms with Crippen LogP contribution in [0.15, 0.2) is 23.0 Å². The summed E-state index contributed by atoms with van der Waals surface area (Å²) in [6.45, 7) is 5.52. The summed E-state index contributed by atoms with van der Waals surface area (Å²) in [6.07, 6.45) is 3.45. The van der Waals surface area contributed by atoms with Gasteiger partial charge < -0.3 is 19.8 Å². The average Bonchev–Trinajstić information content (AvgIpc) is 3.25. The van der Waals surface area contributed by atoms with Gasteiger partial charge in [-0.15, -0.1) is 0 Å². The Hall–Kier alpha value is -2.23. The van der Waals surface area contributed by atoms with Gasteiger partial charge in [-0.05, 0) is 7.05 Å². The maximum Gasteiger partial charge on any atom is 0.273 e. The van der Waals surface area contributed by atoms with Crippen molar-refractivity contribution >= 4 is 5.91 Å². The molecule has 25 heavy (non-hydrogen) atoms. The minimum absolute atomic E-state index is 0.0303. The van der Waals surface area contributed by atoms with Crippen molar-refractivity contribution in [2.45, 2.75) is 19.6 Å². The SMILES string of the molecule is CN1CCN(Cc2cc(C(=O)NCc3cnn(CCO)c3)no2)CC1. The van der Waals surface area contributed by atoms with Gasteiger partial charge in [-0.3, -0.25) is 14.4 Å². The molecule has 1 amide bonds. The molecule has 1 aliphatic rings. The van der Waals surface area contributed by atoms with Crippen LogP contribution >= 0.6 is 0 Å². The number of carbonyl (C=O) groups excluding carboxylic acids is 1. The molecule has 1 aliphatic heterocycles. The van der Waals surface area contributed by atoms with Gasteiger partial charge in [0.05, 0.1) is 25.9 Å². The Morgan fingerprint density at radius 1 is 1.36 bits per heavy atom. The number of likely N-dealkylation sites (N-methyl/N-ethyl adjacent to an activating group) is 1. The summed E-state index contributed by atoms with van der Waals surface area (Å²) >= 11 is 0. The third-order valence-electron chi connectivity index (χ3n) is 4.24. The smallest absolute Gasteiger partial charge is 0.273 e. The van der Waals surface area contributed by atoms with Gasteiger partial charge in [0.15, 0.2) is 11.5 Å². The second-order valence-electron chi connectivity index (χ2n) is 6.28. The summed E-state index contributed by atoms with van der Waals surface area (Å²) in [6, 6.07) is 1.70. The van der Waals surface area contributed by atoms with Crippen molar-refractivity contribution in [3.05, 3.63) is 35.5 Å². The number of rotatable bonds is 7. The van der Waals surface area contributed by atoms with Gasteiger partial charge >= 0.3 is 0 Å². The second kappa shape index (κ2) is 8.24. The molecule has 2 aromatic heterocycles. The number of aromatic nitrogens is 3. The number of aliphatic hydroxyl groups excluding tert-OH is 1. The molecule has 2 N–H and O–H groups in total. The van der Waals surface area contributed by atoms with Crippen LogP contribution < -0.4 is 5.32 Å². The third-order valence-corrected chi connectivity index (χ3v) is 4.24. The maximum atomic E-state index is 12.2. The van der Waals surface area contributed by atoms with Crippen molar-refractivity contribution in [3.8, 4) is 0 Å². The van der Waals surface area contributed by atoms with Crippen LogP contribution in [0, 0.1) is 0 Å². The molecule has 9 nitrogen and oxygen atoms in total. The van der Waals surface area contributed by atoms with E-state index in [-0.39, 0.29) is 18.2 Å². The van der Waals surface area contributed by atoms with Crippen molar-refractivity contribution < 1.29 is 14.4 Å². The summed E-state index contributed by atoms with van der Waals surface area (Å²) in [7, 11) is 2.11. The number of piperazine rings is 1. The molecule has 1 saturated heterocycles. The van der Waals surface area contributed by atoms with Gasteiger partial charge in [-0.25, -0.2) is 0 Å². The third kappa shape index (κ3) is 4.88. The van der Waals surface area contributed by atoms with Gasteiger partial charge in [0.25, 0.3) is 5.91 Å². The molecule has 0 bridgehead atoms. The van der Waals surface area contributed by atoms with Gasteiger partial charge in [-0.1, -0.05) is 5.16 Å². The molecular formula is C16H24N6O3. The van der Waals surface area contributed by atoms with Gasteiger partial charge in [0.1, 0.15) is 0 Å². The number of nitrogens with one attached hydrogen (secondary N) is 1. The van der Waals surface area contributed by atoms with E-state index in [0.717, 1.165) is 31.7 Å². The van der Waals surface area contributed by atoms with E-state index in [0.29, 0.717) is 25.4 Å². The number of aliphatic hydroxyl groups is 1. The van der Waals surface area contributed by atoms with Crippen LogP contribution in [-0.2, 0) is 19.6 Å². The lowest BCUT2D eigenvalue weighted by molar-refractivity contribution is 0.0941. The van der Waals surface area contributed by atoms with E-state index in [1.807, 2.05) is 0 Å². The molecule has 0 aliphatic carbocycles. The van der Waals surface area contributed by atoms with Gasteiger partial charge in [0, 0.05) is 50.6 Å². The minimum atomic E-state index is -0.275. The highest BCUT2D eigenvalue weighted by Crippen LogP contribution is 2.10. The minimum Gasteiger partial charge on any atom is -0.394 e. The van der Waals surface area contributed by atoms with Crippen molar-refractivity contribution in [3.63, 3.8) is 0 Å². The topological polar surface area (TPSA) is 99.7 Å². The first-order chi connectivity index (χ1) is 12.1. The standard InChI is InChI=1S/C16H24N6O3/c1-20-2-4-21(5-3-20)12-14-8-15(19-25-14)16(24)17-9-13-10-18-22(11-13)6-7-23/h8,10-11,23H,2-7,9,12H2,1H3,(H,17,24). The molecule has 3 heterocycles. The second-order valence-corrected chi connectivity index (χ2v) is 6.28. The molecule has 1 fully saturated rings. The van der Waals surface area contributed by atoms with Crippen molar-refractivity contribution in [2.24, 2.45) is 0 Å². The van der Waals surface area contributed by atoms with Crippen LogP contribution in [0.3, 0.4) is 0 Å². The molecular weight excluding hydrogens is 324 g/mol. The number of carbonyl (C=O) groups is 1. The Balaban J connectivity index is 1.48. The maximum absolute atomic E-state index is 12.2. The van der Waals surface area contributed by atoms with Crippen LogP contribution in [0.4, 0.5) is 0 Å². The fourth-order valence-corrected chi connectivity index (χ4v) is 2.72. The average molecular weight is 348 g/mol. The Morgan fingerprint density at radius 3 is 2.92 bits per heavy atom. The van der Waals surface area contributed by atoms with E-state index in [4.69, 9.17) is 9.63 Å². The fourth-order valence-electron chi connectivity index (χ4n) is 2.72. The summed E-state index contributed by atoms with van der Waals surface area (Å²) < 4.78 is 6.92. The molecule has 9 heteroatoms. The lowest BCUT2D eigenvalue weighted by Gasteiger charge is -2.31. The molecule has 0 saturated carbocycles. The monoisotopic (exact) mass is 348 g/mol. The molecule has 0 atom stereocenters. The van der Waals surface area contributed by atoms with Gasteiger partial charge in [-0.2, -0.15) is 5.10 Å². The summed E-state index contributed by atoms with van der Waals surface area (Å²) in [5.74, 6) is 0.425. The Kier molecular flexibility index (Phi) is 5.79. The quantitative estimate of drug-likeness (QED) is 0.698. The first-order valence-corrected chi connectivity index (χ1v) is 8.41. The van der Waals surface area contributed by atoms with Crippen LogP contribution in [0.1, 0.15) is 21.8 Å². The predicted octanol–water partition coefficient (Wildman–Crippen LogP) is -0.459. The zero-order valence-electron chi connectivity index (χ0n) is 14.4. The lowest BCUT2D eigenvalue weighted by Crippen LogP contribution is -2.43. The lowest BCUT2D eigenvalue weighted by atomic mass is 10.3. The highest BCUT2D eigenvalue weighted by Gasteiger charge is 2.18. The van der Waals surface area contributed by atoms with E-state index < -0.39 is 0 Å². The molecule has 0 radical (unpaired) electrons. The van der Waals surface area contributed by atoms with Gasteiger partial charge in [0.2, 0.25) is 0 Å². The highest BCUT2D eigenvalue weighted by molar-refractivity contribution is 5.92. The predicted molar refractivity (Wildman–Crippen MR) is 89.8 cm³/mol. The highest BCUT2D eigenvalue weighted by atomic mass is 16.5. The van der Waals surface area contributed by atoms with Crippen molar-refractivity contribution in [2.75, 3.05) is 39.8 Å². The summed E-state index contributed by atoms with van der Waals surface area (Å²) in [5, 5.41) is 19.6. The molecule has 136 valence electrons. The zero-order chi connectivity index (χ0) is 17.6. The zero-order valence-corrected chi connectivity index (χ0v) is 14.4. The Bertz CT molecular complexity index is 690. The van der Waals surface area contributed by atoms with Crippen LogP contribution in [-0.4, -0.2) is 75.6 Å². The number of hydrogen-bond acceptors (Lipinski definition) is 7. The van der Waals surface area contributed by atoms with Crippen LogP contribution in [0.25, 0.3) is 0 Å². The van der Waals surface area contributed by atoms with E-state index in [9.17, 15) is 4.79 Å². The van der Waals surface area contributed by atoms with E-state index in [1.54, 1.807) is 23.1 Å². The van der Waals surface area contributed by atoms with Crippen LogP contribution in [0.5, 0.6) is 0 Å². The largest absolute Gasteiger partial charge is 0.394 e. The molecule has 0 aromatic carbocycles. The Labute approximate surface area is 146 Å². The molecule has 3 rings (SSSR count). The summed E-state index contributed by atoms with van der Waals surface area (Å²) in [5.41, 5.74) is 1.15. The van der Waals surface area contributed by atoms with E-state index >= 15 is 0 Å². The molecule has 0 unspecified atom stereocenters.